The van der Waals surface area contributed by atoms with E-state index in [1.807, 2.05) is 36.4 Å². The number of ether oxygens (including phenoxy) is 1. The summed E-state index contributed by atoms with van der Waals surface area (Å²) in [5.41, 5.74) is 8.46. The third kappa shape index (κ3) is 4.30. The molecule has 1 heterocycles. The van der Waals surface area contributed by atoms with Crippen LogP contribution in [0.3, 0.4) is 0 Å². The van der Waals surface area contributed by atoms with E-state index in [9.17, 15) is 0 Å². The van der Waals surface area contributed by atoms with Gasteiger partial charge >= 0.3 is 0 Å². The van der Waals surface area contributed by atoms with E-state index in [-0.39, 0.29) is 6.04 Å². The fourth-order valence-corrected chi connectivity index (χ4v) is 2.03. The summed E-state index contributed by atoms with van der Waals surface area (Å²) in [5, 5.41) is 8.85. The number of hydrogen-bond acceptors (Lipinski definition) is 4. The molecule has 0 fully saturated rings. The lowest BCUT2D eigenvalue weighted by Crippen LogP contribution is -2.21. The molecule has 4 nitrogen and oxygen atoms in total. The third-order valence-corrected chi connectivity index (χ3v) is 3.31. The van der Waals surface area contributed by atoms with Gasteiger partial charge in [-0.25, -0.2) is 4.98 Å². The Morgan fingerprint density at radius 2 is 2.14 bits per heavy atom. The van der Waals surface area contributed by atoms with Crippen LogP contribution in [0.2, 0.25) is 0 Å². The molecule has 1 unspecified atom stereocenters. The van der Waals surface area contributed by atoms with Crippen LogP contribution in [0.4, 0.5) is 0 Å². The Hall–Kier alpha value is -2.38. The van der Waals surface area contributed by atoms with E-state index in [4.69, 9.17) is 15.7 Å². The van der Waals surface area contributed by atoms with Gasteiger partial charge in [0.05, 0.1) is 0 Å². The summed E-state index contributed by atoms with van der Waals surface area (Å²) in [4.78, 5) is 3.95. The minimum Gasteiger partial charge on any atom is -0.489 e. The molecule has 0 bridgehead atoms. The van der Waals surface area contributed by atoms with Crippen LogP contribution in [0.25, 0.3) is 0 Å². The van der Waals surface area contributed by atoms with Crippen LogP contribution in [0, 0.1) is 11.3 Å². The van der Waals surface area contributed by atoms with Crippen LogP contribution in [0.15, 0.2) is 42.6 Å². The summed E-state index contributed by atoms with van der Waals surface area (Å²) in [5.74, 6) is 0.844. The van der Waals surface area contributed by atoms with Crippen molar-refractivity contribution in [3.8, 4) is 11.8 Å². The molecule has 2 rings (SSSR count). The molecule has 0 saturated carbocycles. The lowest BCUT2D eigenvalue weighted by atomic mass is 10.0. The first-order valence-electron chi connectivity index (χ1n) is 7.04. The zero-order chi connectivity index (χ0) is 15.1. The first-order valence-corrected chi connectivity index (χ1v) is 7.04. The van der Waals surface area contributed by atoms with Crippen LogP contribution in [-0.2, 0) is 13.0 Å². The average molecular weight is 281 g/mol. The first-order chi connectivity index (χ1) is 10.2. The number of nitriles is 1. The number of aromatic nitrogens is 1. The zero-order valence-electron chi connectivity index (χ0n) is 12.1. The Morgan fingerprint density at radius 3 is 2.90 bits per heavy atom. The first kappa shape index (κ1) is 15.0. The Morgan fingerprint density at radius 1 is 1.33 bits per heavy atom. The second kappa shape index (κ2) is 7.41. The van der Waals surface area contributed by atoms with Gasteiger partial charge in [-0.2, -0.15) is 5.26 Å². The van der Waals surface area contributed by atoms with E-state index in [0.717, 1.165) is 29.7 Å². The molecule has 1 atom stereocenters. The van der Waals surface area contributed by atoms with Crippen molar-refractivity contribution >= 4 is 0 Å². The van der Waals surface area contributed by atoms with Crippen LogP contribution in [-0.4, -0.2) is 11.0 Å². The summed E-state index contributed by atoms with van der Waals surface area (Å²) in [6.07, 6.45) is 3.35. The number of nitrogens with two attached hydrogens (primary N) is 1. The predicted octanol–water partition coefficient (Wildman–Crippen LogP) is 2.81. The van der Waals surface area contributed by atoms with E-state index >= 15 is 0 Å². The molecule has 2 N–H and O–H groups in total. The highest BCUT2D eigenvalue weighted by molar-refractivity contribution is 5.34. The number of hydrogen-bond donors (Lipinski definition) is 1. The molecule has 0 spiro atoms. The molecule has 1 aromatic carbocycles. The summed E-state index contributed by atoms with van der Waals surface area (Å²) in [6, 6.07) is 13.7. The lowest BCUT2D eigenvalue weighted by Gasteiger charge is -2.14. The molecule has 108 valence electrons. The molecule has 4 heteroatoms. The van der Waals surface area contributed by atoms with Gasteiger partial charge in [0.2, 0.25) is 0 Å². The van der Waals surface area contributed by atoms with Gasteiger partial charge in [0, 0.05) is 12.2 Å². The number of pyridine rings is 1. The Balaban J connectivity index is 2.07. The van der Waals surface area contributed by atoms with Crippen molar-refractivity contribution in [1.82, 2.24) is 4.98 Å². The van der Waals surface area contributed by atoms with E-state index in [1.54, 1.807) is 12.3 Å². The van der Waals surface area contributed by atoms with Gasteiger partial charge < -0.3 is 10.5 Å². The average Bonchev–Trinajstić information content (AvgIpc) is 2.54. The highest BCUT2D eigenvalue weighted by atomic mass is 16.5. The summed E-state index contributed by atoms with van der Waals surface area (Å²) in [7, 11) is 0. The maximum Gasteiger partial charge on any atom is 0.140 e. The maximum absolute atomic E-state index is 8.85. The lowest BCUT2D eigenvalue weighted by molar-refractivity contribution is 0.302. The van der Waals surface area contributed by atoms with Gasteiger partial charge in [-0.1, -0.05) is 25.1 Å². The van der Waals surface area contributed by atoms with E-state index < -0.39 is 0 Å². The van der Waals surface area contributed by atoms with E-state index in [2.05, 4.69) is 11.9 Å². The molecule has 0 amide bonds. The number of benzene rings is 1. The molecule has 2 aromatic rings. The van der Waals surface area contributed by atoms with Gasteiger partial charge in [-0.15, -0.1) is 0 Å². The third-order valence-electron chi connectivity index (χ3n) is 3.31. The molecular weight excluding hydrogens is 262 g/mol. The highest BCUT2D eigenvalue weighted by Crippen LogP contribution is 2.21. The minimum atomic E-state index is 0.140. The molecule has 0 aliphatic heterocycles. The topological polar surface area (TPSA) is 71.9 Å². The van der Waals surface area contributed by atoms with Crippen molar-refractivity contribution in [2.75, 3.05) is 0 Å². The standard InChI is InChI=1S/C17H19N3O/c1-2-15(19)10-14-5-3-4-6-17(14)21-12-13-7-8-20-16(9-13)11-18/h3-9,15H,2,10,12,19H2,1H3. The Bertz CT molecular complexity index is 634. The van der Waals surface area contributed by atoms with Gasteiger partial charge in [0.1, 0.15) is 24.1 Å². The highest BCUT2D eigenvalue weighted by Gasteiger charge is 2.07. The number of nitrogens with zero attached hydrogens (tertiary/aromatic N) is 2. The van der Waals surface area contributed by atoms with E-state index in [1.165, 1.54) is 0 Å². The van der Waals surface area contributed by atoms with Crippen molar-refractivity contribution < 1.29 is 4.74 Å². The van der Waals surface area contributed by atoms with Gasteiger partial charge in [-0.3, -0.25) is 0 Å². The second-order valence-corrected chi connectivity index (χ2v) is 4.93. The largest absolute Gasteiger partial charge is 0.489 e. The van der Waals surface area contributed by atoms with Crippen molar-refractivity contribution in [1.29, 1.82) is 5.26 Å². The second-order valence-electron chi connectivity index (χ2n) is 4.93. The van der Waals surface area contributed by atoms with Gasteiger partial charge in [0.25, 0.3) is 0 Å². The van der Waals surface area contributed by atoms with Gasteiger partial charge in [-0.05, 0) is 42.2 Å². The minimum absolute atomic E-state index is 0.140. The van der Waals surface area contributed by atoms with Crippen molar-refractivity contribution in [2.45, 2.75) is 32.4 Å². The molecule has 0 aliphatic rings. The number of rotatable bonds is 6. The van der Waals surface area contributed by atoms with Crippen molar-refractivity contribution in [3.05, 3.63) is 59.4 Å². The fourth-order valence-electron chi connectivity index (χ4n) is 2.03. The van der Waals surface area contributed by atoms with Crippen molar-refractivity contribution in [2.24, 2.45) is 5.73 Å². The van der Waals surface area contributed by atoms with E-state index in [0.29, 0.717) is 12.3 Å². The quantitative estimate of drug-likeness (QED) is 0.883. The van der Waals surface area contributed by atoms with Crippen LogP contribution >= 0.6 is 0 Å². The van der Waals surface area contributed by atoms with Crippen LogP contribution < -0.4 is 10.5 Å². The summed E-state index contributed by atoms with van der Waals surface area (Å²) >= 11 is 0. The molecule has 0 aliphatic carbocycles. The van der Waals surface area contributed by atoms with Crippen LogP contribution in [0.5, 0.6) is 5.75 Å². The molecule has 0 saturated heterocycles. The Labute approximate surface area is 125 Å². The van der Waals surface area contributed by atoms with Crippen LogP contribution in [0.1, 0.15) is 30.2 Å². The zero-order valence-corrected chi connectivity index (χ0v) is 12.1. The van der Waals surface area contributed by atoms with Crippen molar-refractivity contribution in [3.63, 3.8) is 0 Å². The molecule has 1 aromatic heterocycles. The predicted molar refractivity (Wildman–Crippen MR) is 81.7 cm³/mol. The monoisotopic (exact) mass is 281 g/mol. The molecular formula is C17H19N3O. The van der Waals surface area contributed by atoms with Gasteiger partial charge in [0.15, 0.2) is 0 Å². The smallest absolute Gasteiger partial charge is 0.140 e. The molecule has 21 heavy (non-hydrogen) atoms. The number of para-hydroxylation sites is 1. The molecule has 0 radical (unpaired) electrons. The Kier molecular flexibility index (Phi) is 5.30. The SMILES string of the molecule is CCC(N)Cc1ccccc1OCc1ccnc(C#N)c1. The summed E-state index contributed by atoms with van der Waals surface area (Å²) < 4.78 is 5.88. The summed E-state index contributed by atoms with van der Waals surface area (Å²) in [6.45, 7) is 2.49. The maximum atomic E-state index is 8.85. The fraction of sp³-hybridized carbons (Fsp3) is 0.294. The normalized spacial score (nSPS) is 11.7.